The van der Waals surface area contributed by atoms with Crippen molar-refractivity contribution in [1.82, 2.24) is 23.9 Å². The van der Waals surface area contributed by atoms with Crippen LogP contribution in [0.4, 0.5) is 19.0 Å². The lowest BCUT2D eigenvalue weighted by Gasteiger charge is -2.37. The first-order valence-corrected chi connectivity index (χ1v) is 17.5. The van der Waals surface area contributed by atoms with Gasteiger partial charge in [-0.05, 0) is 48.7 Å². The normalized spacial score (nSPS) is 24.6. The molecule has 1 saturated heterocycles. The van der Waals surface area contributed by atoms with Crippen molar-refractivity contribution in [1.29, 1.82) is 0 Å². The van der Waals surface area contributed by atoms with Crippen LogP contribution in [0.1, 0.15) is 59.1 Å². The Kier molecular flexibility index (Phi) is 7.11. The molecule has 0 aromatic carbocycles. The second kappa shape index (κ2) is 9.37. The highest BCUT2D eigenvalue weighted by atomic mass is 32.2. The Bertz CT molecular complexity index is 1280. The molecule has 9 nitrogen and oxygen atoms in total. The summed E-state index contributed by atoms with van der Waals surface area (Å²) >= 11 is 0. The largest absolute Gasteiger partial charge is 0.575 e. The van der Waals surface area contributed by atoms with E-state index in [1.165, 1.54) is 4.52 Å². The molecule has 2 fully saturated rings. The van der Waals surface area contributed by atoms with Gasteiger partial charge in [-0.15, -0.1) is 18.3 Å². The van der Waals surface area contributed by atoms with Crippen molar-refractivity contribution in [3.8, 4) is 6.01 Å². The third kappa shape index (κ3) is 5.90. The summed E-state index contributed by atoms with van der Waals surface area (Å²) in [5.74, 6) is 1.32. The summed E-state index contributed by atoms with van der Waals surface area (Å²) in [4.78, 5) is 8.16. The predicted octanol–water partition coefficient (Wildman–Crippen LogP) is 5.29. The molecule has 208 valence electrons. The lowest BCUT2D eigenvalue weighted by atomic mass is 9.95. The lowest BCUT2D eigenvalue weighted by Crippen LogP contribution is -2.44. The van der Waals surface area contributed by atoms with Gasteiger partial charge in [0, 0.05) is 31.5 Å². The molecule has 0 radical (unpaired) electrons. The van der Waals surface area contributed by atoms with Crippen molar-refractivity contribution in [2.45, 2.75) is 83.9 Å². The minimum atomic E-state index is -4.89. The lowest BCUT2D eigenvalue weighted by molar-refractivity contribution is -0.277. The zero-order chi connectivity index (χ0) is 27.6. The first-order valence-electron chi connectivity index (χ1n) is 12.6. The molecule has 2 aromatic rings. The fourth-order valence-corrected chi connectivity index (χ4v) is 11.1. The van der Waals surface area contributed by atoms with Crippen LogP contribution in [-0.4, -0.2) is 68.1 Å². The highest BCUT2D eigenvalue weighted by molar-refractivity contribution is 7.91. The first-order chi connectivity index (χ1) is 16.9. The van der Waals surface area contributed by atoms with Gasteiger partial charge in [-0.2, -0.15) is 9.50 Å². The number of piperidine rings is 1. The fraction of sp³-hybridized carbons (Fsp3) is 0.783. The van der Waals surface area contributed by atoms with Gasteiger partial charge in [0.1, 0.15) is 5.82 Å². The Labute approximate surface area is 218 Å². The third-order valence-electron chi connectivity index (χ3n) is 7.96. The van der Waals surface area contributed by atoms with E-state index in [1.54, 1.807) is 12.3 Å². The zero-order valence-corrected chi connectivity index (χ0v) is 24.6. The van der Waals surface area contributed by atoms with Gasteiger partial charge in [0.15, 0.2) is 8.24 Å². The summed E-state index contributed by atoms with van der Waals surface area (Å²) in [5, 5.41) is 7.27. The van der Waals surface area contributed by atoms with Gasteiger partial charge < -0.3 is 10.1 Å². The van der Waals surface area contributed by atoms with Gasteiger partial charge in [-0.1, -0.05) is 34.6 Å². The number of nitrogens with one attached hydrogen (secondary N) is 1. The second-order valence-electron chi connectivity index (χ2n) is 12.2. The van der Waals surface area contributed by atoms with E-state index in [0.717, 1.165) is 19.4 Å². The molecule has 2 aromatic heterocycles. The molecule has 37 heavy (non-hydrogen) atoms. The van der Waals surface area contributed by atoms with Gasteiger partial charge in [-0.3, -0.25) is 4.03 Å². The molecule has 0 spiro atoms. The van der Waals surface area contributed by atoms with Crippen LogP contribution in [0.5, 0.6) is 6.01 Å². The number of alkyl halides is 3. The summed E-state index contributed by atoms with van der Waals surface area (Å²) in [7, 11) is -4.54. The van der Waals surface area contributed by atoms with Crippen LogP contribution in [-0.2, 0) is 9.92 Å². The maximum atomic E-state index is 13.7. The average molecular weight is 562 g/mol. The number of fused-ring (bicyclic) bond motifs is 3. The number of ether oxygens (including phenoxy) is 1. The van der Waals surface area contributed by atoms with Crippen molar-refractivity contribution in [2.24, 2.45) is 15.9 Å². The number of anilines is 1. The molecule has 2 aliphatic rings. The number of hydrogen-bond acceptors (Lipinski definition) is 7. The highest BCUT2D eigenvalue weighted by Gasteiger charge is 2.48. The molecular formula is C23H38F3N7O2SSi. The molecule has 1 unspecified atom stereocenters. The standard InChI is InChI=1S/C23H38F3N7O2SSi/c1-14(2)18-11-19(33-20(28-18)29-21(30-33)35-23(24,25)26)27-12-15-9-17-10-16(15)13-32(17)36(6,34)31-37(7,8)22(3,4)5/h11,14-17,27H,9-10,12-13H2,1-8H3/t15-,16-,17+,36?/m0/s1. The number of rotatable bonds is 7. The van der Waals surface area contributed by atoms with Gasteiger partial charge in [0.2, 0.25) is 0 Å². The summed E-state index contributed by atoms with van der Waals surface area (Å²) < 4.78 is 64.1. The minimum absolute atomic E-state index is 0.0218. The van der Waals surface area contributed by atoms with Crippen LogP contribution < -0.4 is 10.1 Å². The van der Waals surface area contributed by atoms with Crippen LogP contribution in [0.25, 0.3) is 5.78 Å². The monoisotopic (exact) mass is 561 g/mol. The maximum Gasteiger partial charge on any atom is 0.575 e. The van der Waals surface area contributed by atoms with Crippen molar-refractivity contribution in [3.05, 3.63) is 11.8 Å². The molecular weight excluding hydrogens is 523 g/mol. The van der Waals surface area contributed by atoms with Crippen LogP contribution in [0, 0.1) is 11.8 Å². The molecule has 1 saturated carbocycles. The Morgan fingerprint density at radius 1 is 1.24 bits per heavy atom. The zero-order valence-electron chi connectivity index (χ0n) is 22.8. The molecule has 2 bridgehead atoms. The molecule has 4 atom stereocenters. The summed E-state index contributed by atoms with van der Waals surface area (Å²) in [6.07, 6.45) is -1.24. The van der Waals surface area contributed by atoms with Crippen LogP contribution in [0.3, 0.4) is 0 Å². The van der Waals surface area contributed by atoms with E-state index in [2.05, 4.69) is 63.3 Å². The van der Waals surface area contributed by atoms with E-state index >= 15 is 0 Å². The molecule has 3 heterocycles. The van der Waals surface area contributed by atoms with E-state index < -0.39 is 30.5 Å². The first kappa shape index (κ1) is 28.1. The van der Waals surface area contributed by atoms with Gasteiger partial charge in [-0.25, -0.2) is 13.5 Å². The molecule has 14 heteroatoms. The summed E-state index contributed by atoms with van der Waals surface area (Å²) in [5.41, 5.74) is 0.693. The van der Waals surface area contributed by atoms with E-state index in [1.807, 2.05) is 13.8 Å². The Morgan fingerprint density at radius 3 is 2.46 bits per heavy atom. The van der Waals surface area contributed by atoms with Crippen molar-refractivity contribution >= 4 is 29.7 Å². The van der Waals surface area contributed by atoms with E-state index in [9.17, 15) is 17.4 Å². The topological polar surface area (TPSA) is 97.0 Å². The number of aromatic nitrogens is 4. The van der Waals surface area contributed by atoms with E-state index in [-0.39, 0.29) is 22.8 Å². The Morgan fingerprint density at radius 2 is 1.92 bits per heavy atom. The van der Waals surface area contributed by atoms with Crippen molar-refractivity contribution < 1.29 is 22.1 Å². The van der Waals surface area contributed by atoms with Gasteiger partial charge in [0.05, 0.1) is 15.6 Å². The smallest absolute Gasteiger partial charge is 0.370 e. The Hall–Kier alpha value is -1.93. The predicted molar refractivity (Wildman–Crippen MR) is 140 cm³/mol. The van der Waals surface area contributed by atoms with Crippen molar-refractivity contribution in [3.63, 3.8) is 0 Å². The second-order valence-corrected chi connectivity index (χ2v) is 19.5. The molecule has 4 rings (SSSR count). The van der Waals surface area contributed by atoms with Gasteiger partial charge >= 0.3 is 12.4 Å². The SMILES string of the molecule is CC(C)c1cc(NC[C@@H]2C[C@@H]3C[C@H]2CN3S(C)(=O)=N[Si](C)(C)C(C)(C)C)n2nc(OC(F)(F)F)nc2n1. The molecule has 1 aliphatic carbocycles. The minimum Gasteiger partial charge on any atom is -0.370 e. The highest BCUT2D eigenvalue weighted by Crippen LogP contribution is 2.45. The van der Waals surface area contributed by atoms with E-state index in [4.69, 9.17) is 4.03 Å². The number of nitrogens with zero attached hydrogens (tertiary/aromatic N) is 6. The third-order valence-corrected chi connectivity index (χ3v) is 16.1. The number of hydrogen-bond donors (Lipinski definition) is 1. The van der Waals surface area contributed by atoms with Crippen LogP contribution in [0.15, 0.2) is 10.1 Å². The molecule has 0 amide bonds. The van der Waals surface area contributed by atoms with Crippen LogP contribution in [0.2, 0.25) is 18.1 Å². The molecule has 1 N–H and O–H groups in total. The molecule has 1 aliphatic heterocycles. The van der Waals surface area contributed by atoms with Crippen molar-refractivity contribution in [2.75, 3.05) is 24.7 Å². The quantitative estimate of drug-likeness (QED) is 0.462. The fourth-order valence-electron chi connectivity index (χ4n) is 4.97. The van der Waals surface area contributed by atoms with E-state index in [0.29, 0.717) is 29.9 Å². The van der Waals surface area contributed by atoms with Gasteiger partial charge in [0.25, 0.3) is 5.78 Å². The Balaban J connectivity index is 1.50. The summed E-state index contributed by atoms with van der Waals surface area (Å²) in [6, 6.07) is 1.22. The summed E-state index contributed by atoms with van der Waals surface area (Å²) in [6.45, 7) is 16.1. The number of halogens is 3. The van der Waals surface area contributed by atoms with Crippen LogP contribution >= 0.6 is 0 Å². The maximum absolute atomic E-state index is 13.7. The average Bonchev–Trinajstić information content (AvgIpc) is 3.42.